The van der Waals surface area contributed by atoms with Gasteiger partial charge in [0.2, 0.25) is 0 Å². The van der Waals surface area contributed by atoms with Crippen LogP contribution in [0.25, 0.3) is 11.6 Å². The van der Waals surface area contributed by atoms with E-state index in [2.05, 4.69) is 47.9 Å². The van der Waals surface area contributed by atoms with Crippen LogP contribution in [0.15, 0.2) is 150 Å². The summed E-state index contributed by atoms with van der Waals surface area (Å²) in [6.45, 7) is 0. The van der Waals surface area contributed by atoms with Gasteiger partial charge >= 0.3 is 0 Å². The largest absolute Gasteiger partial charge is 0.399 e. The standard InChI is InChI=1S/C34H28N4/c35-30-18-12-27(13-19-30)34(28-14-20-31(36)21-15-28)29-16-22-32(23-17-29)37-38-33(26-9-5-2-6-10-26)24-11-25-7-3-1-4-8-25/h1-24,35,37H,36H2/b24-11+,34-27?,35-30?,38-33+. The highest BCUT2D eigenvalue weighted by Gasteiger charge is 2.11. The molecule has 0 aromatic heterocycles. The topological polar surface area (TPSA) is 74.3 Å². The Balaban J connectivity index is 1.44. The molecule has 1 aliphatic rings. The Hall–Kier alpha value is -5.22. The molecule has 0 saturated carbocycles. The fourth-order valence-electron chi connectivity index (χ4n) is 4.17. The van der Waals surface area contributed by atoms with E-state index in [0.29, 0.717) is 5.71 Å². The summed E-state index contributed by atoms with van der Waals surface area (Å²) in [5, 5.41) is 12.6. The minimum Gasteiger partial charge on any atom is -0.399 e. The smallest absolute Gasteiger partial charge is 0.0905 e. The molecule has 4 nitrogen and oxygen atoms in total. The van der Waals surface area contributed by atoms with Crippen molar-refractivity contribution in [1.29, 1.82) is 5.41 Å². The van der Waals surface area contributed by atoms with E-state index in [1.807, 2.05) is 103 Å². The van der Waals surface area contributed by atoms with Gasteiger partial charge < -0.3 is 11.1 Å². The lowest BCUT2D eigenvalue weighted by Crippen LogP contribution is -2.01. The molecule has 4 heteroatoms. The Bertz CT molecular complexity index is 1540. The summed E-state index contributed by atoms with van der Waals surface area (Å²) < 4.78 is 0. The highest BCUT2D eigenvalue weighted by Crippen LogP contribution is 2.31. The third-order valence-corrected chi connectivity index (χ3v) is 6.15. The van der Waals surface area contributed by atoms with Crippen LogP contribution in [-0.4, -0.2) is 11.4 Å². The third-order valence-electron chi connectivity index (χ3n) is 6.15. The zero-order chi connectivity index (χ0) is 26.2. The Morgan fingerprint density at radius 3 is 1.87 bits per heavy atom. The second kappa shape index (κ2) is 11.7. The lowest BCUT2D eigenvalue weighted by atomic mass is 9.90. The zero-order valence-corrected chi connectivity index (χ0v) is 20.9. The van der Waals surface area contributed by atoms with E-state index in [4.69, 9.17) is 16.2 Å². The minimum absolute atomic E-state index is 0.485. The zero-order valence-electron chi connectivity index (χ0n) is 20.9. The van der Waals surface area contributed by atoms with Gasteiger partial charge in [-0.25, -0.2) is 0 Å². The molecule has 184 valence electrons. The summed E-state index contributed by atoms with van der Waals surface area (Å²) in [6.07, 6.45) is 11.7. The summed E-state index contributed by atoms with van der Waals surface area (Å²) in [5.74, 6) is 0. The first-order valence-electron chi connectivity index (χ1n) is 12.4. The lowest BCUT2D eigenvalue weighted by Gasteiger charge is -2.14. The average Bonchev–Trinajstić information content (AvgIpc) is 2.97. The average molecular weight is 493 g/mol. The van der Waals surface area contributed by atoms with Crippen molar-refractivity contribution < 1.29 is 0 Å². The molecule has 5 rings (SSSR count). The number of hydrogen-bond acceptors (Lipinski definition) is 4. The molecule has 0 fully saturated rings. The van der Waals surface area contributed by atoms with Crippen molar-refractivity contribution in [2.75, 3.05) is 11.2 Å². The van der Waals surface area contributed by atoms with E-state index < -0.39 is 0 Å². The molecule has 4 N–H and O–H groups in total. The van der Waals surface area contributed by atoms with Gasteiger partial charge in [-0.3, -0.25) is 5.43 Å². The first-order valence-corrected chi connectivity index (χ1v) is 12.4. The maximum absolute atomic E-state index is 7.87. The van der Waals surface area contributed by atoms with E-state index in [9.17, 15) is 0 Å². The molecule has 0 unspecified atom stereocenters. The number of allylic oxidation sites excluding steroid dienone is 6. The number of nitrogens with two attached hydrogens (primary N) is 1. The van der Waals surface area contributed by atoms with Crippen molar-refractivity contribution in [3.05, 3.63) is 167 Å². The molecule has 0 aliphatic heterocycles. The van der Waals surface area contributed by atoms with Gasteiger partial charge in [-0.05, 0) is 70.3 Å². The van der Waals surface area contributed by atoms with Crippen LogP contribution in [0.2, 0.25) is 0 Å². The summed E-state index contributed by atoms with van der Waals surface area (Å²) in [5.41, 5.74) is 18.5. The summed E-state index contributed by atoms with van der Waals surface area (Å²) in [7, 11) is 0. The van der Waals surface area contributed by atoms with Crippen LogP contribution in [0, 0.1) is 5.41 Å². The van der Waals surface area contributed by atoms with Crippen molar-refractivity contribution in [2.45, 2.75) is 0 Å². The van der Waals surface area contributed by atoms with Crippen LogP contribution in [0.5, 0.6) is 0 Å². The van der Waals surface area contributed by atoms with Crippen LogP contribution in [0.4, 0.5) is 11.4 Å². The molecule has 0 heterocycles. The quantitative estimate of drug-likeness (QED) is 0.140. The van der Waals surface area contributed by atoms with Gasteiger partial charge in [-0.15, -0.1) is 0 Å². The van der Waals surface area contributed by atoms with Crippen molar-refractivity contribution in [3.63, 3.8) is 0 Å². The molecule has 1 aliphatic carbocycles. The molecule has 4 aromatic carbocycles. The molecular weight excluding hydrogens is 464 g/mol. The fraction of sp³-hybridized carbons (Fsp3) is 0. The second-order valence-electron chi connectivity index (χ2n) is 8.87. The van der Waals surface area contributed by atoms with Gasteiger partial charge in [0, 0.05) is 11.3 Å². The van der Waals surface area contributed by atoms with E-state index in [1.54, 1.807) is 0 Å². The Morgan fingerprint density at radius 1 is 0.658 bits per heavy atom. The third kappa shape index (κ3) is 6.12. The van der Waals surface area contributed by atoms with E-state index in [1.165, 1.54) is 0 Å². The summed E-state index contributed by atoms with van der Waals surface area (Å²) in [6, 6.07) is 36.4. The van der Waals surface area contributed by atoms with Crippen LogP contribution < -0.4 is 11.2 Å². The number of hydrogen-bond donors (Lipinski definition) is 3. The van der Waals surface area contributed by atoms with Crippen molar-refractivity contribution in [3.8, 4) is 0 Å². The maximum atomic E-state index is 7.87. The molecule has 0 saturated heterocycles. The number of anilines is 2. The molecule has 0 amide bonds. The Morgan fingerprint density at radius 2 is 1.24 bits per heavy atom. The molecule has 0 atom stereocenters. The molecule has 38 heavy (non-hydrogen) atoms. The van der Waals surface area contributed by atoms with Crippen LogP contribution in [-0.2, 0) is 0 Å². The highest BCUT2D eigenvalue weighted by molar-refractivity contribution is 6.11. The first kappa shape index (κ1) is 24.5. The van der Waals surface area contributed by atoms with Crippen LogP contribution in [0.3, 0.4) is 0 Å². The van der Waals surface area contributed by atoms with Crippen molar-refractivity contribution >= 4 is 34.4 Å². The summed E-state index contributed by atoms with van der Waals surface area (Å²) >= 11 is 0. The molecule has 0 bridgehead atoms. The van der Waals surface area contributed by atoms with Crippen molar-refractivity contribution in [2.24, 2.45) is 5.10 Å². The molecule has 0 radical (unpaired) electrons. The van der Waals surface area contributed by atoms with Crippen LogP contribution in [0.1, 0.15) is 22.3 Å². The molecule has 0 spiro atoms. The fourth-order valence-corrected chi connectivity index (χ4v) is 4.17. The maximum Gasteiger partial charge on any atom is 0.0905 e. The van der Waals surface area contributed by atoms with E-state index in [-0.39, 0.29) is 0 Å². The van der Waals surface area contributed by atoms with E-state index >= 15 is 0 Å². The normalized spacial score (nSPS) is 13.2. The predicted octanol–water partition coefficient (Wildman–Crippen LogP) is 7.75. The van der Waals surface area contributed by atoms with Crippen molar-refractivity contribution in [1.82, 2.24) is 0 Å². The number of hydrazone groups is 1. The number of nitrogens with zero attached hydrogens (tertiary/aromatic N) is 1. The second-order valence-corrected chi connectivity index (χ2v) is 8.87. The Labute approximate surface area is 223 Å². The number of benzene rings is 4. The molecule has 4 aromatic rings. The summed E-state index contributed by atoms with van der Waals surface area (Å²) in [4.78, 5) is 0. The number of nitrogen functional groups attached to an aromatic ring is 1. The monoisotopic (exact) mass is 492 g/mol. The number of rotatable bonds is 7. The van der Waals surface area contributed by atoms with Gasteiger partial charge in [0.1, 0.15) is 0 Å². The SMILES string of the molecule is N=C1C=CC(=C(c2ccc(N)cc2)c2ccc(N/N=C(\C=C\c3ccccc3)c3ccccc3)cc2)C=C1. The van der Waals surface area contributed by atoms with Gasteiger partial charge in [-0.2, -0.15) is 5.10 Å². The Kier molecular flexibility index (Phi) is 7.52. The predicted molar refractivity (Wildman–Crippen MR) is 161 cm³/mol. The van der Waals surface area contributed by atoms with Crippen LogP contribution >= 0.6 is 0 Å². The first-order chi connectivity index (χ1) is 18.7. The lowest BCUT2D eigenvalue weighted by molar-refractivity contribution is 1.33. The highest BCUT2D eigenvalue weighted by atomic mass is 15.3. The van der Waals surface area contributed by atoms with E-state index in [0.717, 1.165) is 50.5 Å². The van der Waals surface area contributed by atoms with Gasteiger partial charge in [-0.1, -0.05) is 103 Å². The van der Waals surface area contributed by atoms with Gasteiger partial charge in [0.05, 0.1) is 17.1 Å². The molecular formula is C34H28N4. The minimum atomic E-state index is 0.485. The number of nitrogens with one attached hydrogen (secondary N) is 2. The van der Waals surface area contributed by atoms with Gasteiger partial charge in [0.15, 0.2) is 0 Å². The van der Waals surface area contributed by atoms with Gasteiger partial charge in [0.25, 0.3) is 0 Å².